The lowest BCUT2D eigenvalue weighted by Gasteiger charge is -2.15. The number of hydrogen-bond donors (Lipinski definition) is 2. The highest BCUT2D eigenvalue weighted by atomic mass is 16.5. The van der Waals surface area contributed by atoms with E-state index in [1.807, 2.05) is 31.2 Å². The van der Waals surface area contributed by atoms with Crippen LogP contribution in [0.25, 0.3) is 0 Å². The first-order chi connectivity index (χ1) is 10.6. The molecule has 0 aliphatic heterocycles. The molecule has 0 fully saturated rings. The summed E-state index contributed by atoms with van der Waals surface area (Å²) in [5.41, 5.74) is 2.27. The number of ether oxygens (including phenoxy) is 2. The lowest BCUT2D eigenvalue weighted by molar-refractivity contribution is 0.317. The van der Waals surface area contributed by atoms with E-state index in [4.69, 9.17) is 9.47 Å². The van der Waals surface area contributed by atoms with Gasteiger partial charge in [-0.05, 0) is 49.2 Å². The lowest BCUT2D eigenvalue weighted by Crippen LogP contribution is -2.18. The SMILES string of the molecule is CCOc1cc(CNC(C)c2ccc(OC)cc2)ccc1O. The molecule has 4 nitrogen and oxygen atoms in total. The van der Waals surface area contributed by atoms with Gasteiger partial charge < -0.3 is 19.9 Å². The molecule has 1 atom stereocenters. The summed E-state index contributed by atoms with van der Waals surface area (Å²) in [4.78, 5) is 0. The van der Waals surface area contributed by atoms with Gasteiger partial charge in [0, 0.05) is 12.6 Å². The first-order valence-corrected chi connectivity index (χ1v) is 7.46. The maximum absolute atomic E-state index is 9.71. The van der Waals surface area contributed by atoms with Crippen LogP contribution in [0, 0.1) is 0 Å². The van der Waals surface area contributed by atoms with Crippen LogP contribution in [0.5, 0.6) is 17.2 Å². The van der Waals surface area contributed by atoms with Crippen LogP contribution in [0.3, 0.4) is 0 Å². The molecule has 0 heterocycles. The Hall–Kier alpha value is -2.20. The van der Waals surface area contributed by atoms with Crippen LogP contribution in [-0.4, -0.2) is 18.8 Å². The highest BCUT2D eigenvalue weighted by Gasteiger charge is 2.07. The standard InChI is InChI=1S/C18H23NO3/c1-4-22-18-11-14(5-10-17(18)20)12-19-13(2)15-6-8-16(21-3)9-7-15/h5-11,13,19-20H,4,12H2,1-3H3. The summed E-state index contributed by atoms with van der Waals surface area (Å²) >= 11 is 0. The maximum Gasteiger partial charge on any atom is 0.161 e. The van der Waals surface area contributed by atoms with Gasteiger partial charge in [-0.1, -0.05) is 18.2 Å². The predicted molar refractivity (Wildman–Crippen MR) is 87.5 cm³/mol. The van der Waals surface area contributed by atoms with Gasteiger partial charge in [-0.15, -0.1) is 0 Å². The zero-order chi connectivity index (χ0) is 15.9. The van der Waals surface area contributed by atoms with Crippen LogP contribution >= 0.6 is 0 Å². The summed E-state index contributed by atoms with van der Waals surface area (Å²) in [5.74, 6) is 1.56. The molecule has 1 unspecified atom stereocenters. The molecule has 22 heavy (non-hydrogen) atoms. The Morgan fingerprint density at radius 3 is 2.50 bits per heavy atom. The summed E-state index contributed by atoms with van der Waals surface area (Å²) in [6.45, 7) is 5.25. The van der Waals surface area contributed by atoms with E-state index in [1.54, 1.807) is 13.2 Å². The highest BCUT2D eigenvalue weighted by molar-refractivity contribution is 5.41. The molecular formula is C18H23NO3. The molecule has 0 aliphatic carbocycles. The van der Waals surface area contributed by atoms with E-state index >= 15 is 0 Å². The minimum atomic E-state index is 0.175. The van der Waals surface area contributed by atoms with E-state index in [0.29, 0.717) is 18.9 Å². The minimum Gasteiger partial charge on any atom is -0.504 e. The molecule has 0 aromatic heterocycles. The number of nitrogens with one attached hydrogen (secondary N) is 1. The third kappa shape index (κ3) is 4.15. The fourth-order valence-electron chi connectivity index (χ4n) is 2.22. The van der Waals surface area contributed by atoms with Crippen LogP contribution < -0.4 is 14.8 Å². The summed E-state index contributed by atoms with van der Waals surface area (Å²) < 4.78 is 10.6. The van der Waals surface area contributed by atoms with Crippen LogP contribution in [0.1, 0.15) is 31.0 Å². The van der Waals surface area contributed by atoms with Crippen LogP contribution in [0.15, 0.2) is 42.5 Å². The normalized spacial score (nSPS) is 12.0. The number of aromatic hydroxyl groups is 1. The second-order valence-electron chi connectivity index (χ2n) is 5.11. The molecule has 2 aromatic rings. The predicted octanol–water partition coefficient (Wildman–Crippen LogP) is 3.65. The molecule has 0 spiro atoms. The summed E-state index contributed by atoms with van der Waals surface area (Å²) in [6.07, 6.45) is 0. The van der Waals surface area contributed by atoms with Gasteiger partial charge in [-0.2, -0.15) is 0 Å². The zero-order valence-electron chi connectivity index (χ0n) is 13.3. The Kier molecular flexibility index (Phi) is 5.67. The minimum absolute atomic E-state index is 0.175. The van der Waals surface area contributed by atoms with Gasteiger partial charge in [-0.25, -0.2) is 0 Å². The largest absolute Gasteiger partial charge is 0.504 e. The first kappa shape index (κ1) is 16.2. The monoisotopic (exact) mass is 301 g/mol. The summed E-state index contributed by atoms with van der Waals surface area (Å²) in [7, 11) is 1.66. The van der Waals surface area contributed by atoms with E-state index < -0.39 is 0 Å². The molecule has 118 valence electrons. The molecule has 0 amide bonds. The third-order valence-corrected chi connectivity index (χ3v) is 3.55. The van der Waals surface area contributed by atoms with Gasteiger partial charge >= 0.3 is 0 Å². The number of hydrogen-bond acceptors (Lipinski definition) is 4. The Balaban J connectivity index is 1.97. The molecule has 0 saturated heterocycles. The molecular weight excluding hydrogens is 278 g/mol. The van der Waals surface area contributed by atoms with Gasteiger partial charge in [0.15, 0.2) is 11.5 Å². The average molecular weight is 301 g/mol. The molecule has 0 saturated carbocycles. The molecule has 2 aromatic carbocycles. The lowest BCUT2D eigenvalue weighted by atomic mass is 10.1. The van der Waals surface area contributed by atoms with Crippen molar-refractivity contribution < 1.29 is 14.6 Å². The van der Waals surface area contributed by atoms with Crippen molar-refractivity contribution in [3.8, 4) is 17.2 Å². The Labute approximate surface area is 131 Å². The molecule has 0 radical (unpaired) electrons. The zero-order valence-corrected chi connectivity index (χ0v) is 13.3. The fourth-order valence-corrected chi connectivity index (χ4v) is 2.22. The highest BCUT2D eigenvalue weighted by Crippen LogP contribution is 2.27. The summed E-state index contributed by atoms with van der Waals surface area (Å²) in [6, 6.07) is 13.7. The number of rotatable bonds is 7. The average Bonchev–Trinajstić information content (AvgIpc) is 2.55. The molecule has 0 aliphatic rings. The van der Waals surface area contributed by atoms with Crippen molar-refractivity contribution in [1.82, 2.24) is 5.32 Å². The van der Waals surface area contributed by atoms with E-state index in [2.05, 4.69) is 24.4 Å². The molecule has 4 heteroatoms. The Bertz CT molecular complexity index is 596. The van der Waals surface area contributed by atoms with E-state index in [0.717, 1.165) is 11.3 Å². The summed E-state index contributed by atoms with van der Waals surface area (Å²) in [5, 5.41) is 13.2. The number of phenols is 1. The first-order valence-electron chi connectivity index (χ1n) is 7.46. The number of benzene rings is 2. The van der Waals surface area contributed by atoms with Gasteiger partial charge in [0.1, 0.15) is 5.75 Å². The second-order valence-corrected chi connectivity index (χ2v) is 5.11. The fraction of sp³-hybridized carbons (Fsp3) is 0.333. The van der Waals surface area contributed by atoms with Crippen molar-refractivity contribution in [1.29, 1.82) is 0 Å². The van der Waals surface area contributed by atoms with Crippen molar-refractivity contribution >= 4 is 0 Å². The van der Waals surface area contributed by atoms with Crippen molar-refractivity contribution in [3.63, 3.8) is 0 Å². The van der Waals surface area contributed by atoms with Crippen molar-refractivity contribution in [2.45, 2.75) is 26.4 Å². The molecule has 2 rings (SSSR count). The van der Waals surface area contributed by atoms with E-state index in [9.17, 15) is 5.11 Å². The van der Waals surface area contributed by atoms with Crippen molar-refractivity contribution in [2.24, 2.45) is 0 Å². The molecule has 0 bridgehead atoms. The van der Waals surface area contributed by atoms with Crippen LogP contribution in [0.4, 0.5) is 0 Å². The van der Waals surface area contributed by atoms with Crippen LogP contribution in [-0.2, 0) is 6.54 Å². The quantitative estimate of drug-likeness (QED) is 0.819. The van der Waals surface area contributed by atoms with E-state index in [-0.39, 0.29) is 11.8 Å². The third-order valence-electron chi connectivity index (χ3n) is 3.55. The van der Waals surface area contributed by atoms with Gasteiger partial charge in [-0.3, -0.25) is 0 Å². The van der Waals surface area contributed by atoms with E-state index in [1.165, 1.54) is 5.56 Å². The smallest absolute Gasteiger partial charge is 0.161 e. The van der Waals surface area contributed by atoms with Crippen LogP contribution in [0.2, 0.25) is 0 Å². The maximum atomic E-state index is 9.71. The Morgan fingerprint density at radius 2 is 1.86 bits per heavy atom. The van der Waals surface area contributed by atoms with Crippen molar-refractivity contribution in [2.75, 3.05) is 13.7 Å². The van der Waals surface area contributed by atoms with Crippen molar-refractivity contribution in [3.05, 3.63) is 53.6 Å². The van der Waals surface area contributed by atoms with Gasteiger partial charge in [0.05, 0.1) is 13.7 Å². The number of phenolic OH excluding ortho intramolecular Hbond substituents is 1. The van der Waals surface area contributed by atoms with Gasteiger partial charge in [0.25, 0.3) is 0 Å². The number of methoxy groups -OCH3 is 1. The second kappa shape index (κ2) is 7.71. The molecule has 2 N–H and O–H groups in total. The topological polar surface area (TPSA) is 50.7 Å². The van der Waals surface area contributed by atoms with Gasteiger partial charge in [0.2, 0.25) is 0 Å². The Morgan fingerprint density at radius 1 is 1.14 bits per heavy atom.